The van der Waals surface area contributed by atoms with E-state index in [9.17, 15) is 8.42 Å². The fourth-order valence-electron chi connectivity index (χ4n) is 5.47. The monoisotopic (exact) mass is 592 g/mol. The molecule has 0 bridgehead atoms. The maximum absolute atomic E-state index is 13.1. The molecule has 3 N–H and O–H groups in total. The summed E-state index contributed by atoms with van der Waals surface area (Å²) in [6.07, 6.45) is 9.48. The summed E-state index contributed by atoms with van der Waals surface area (Å²) in [7, 11) is -3.68. The van der Waals surface area contributed by atoms with Crippen LogP contribution in [-0.2, 0) is 10.0 Å². The minimum absolute atomic E-state index is 0.267. The molecule has 2 heterocycles. The number of anilines is 2. The van der Waals surface area contributed by atoms with E-state index in [4.69, 9.17) is 27.2 Å². The lowest BCUT2D eigenvalue weighted by atomic mass is 9.92. The predicted molar refractivity (Wildman–Crippen MR) is 163 cm³/mol. The van der Waals surface area contributed by atoms with Gasteiger partial charge in [-0.2, -0.15) is 3.82 Å². The number of rotatable bonds is 8. The van der Waals surface area contributed by atoms with Crippen molar-refractivity contribution in [3.8, 4) is 22.9 Å². The van der Waals surface area contributed by atoms with Gasteiger partial charge in [-0.3, -0.25) is 0 Å². The normalized spacial score (nSPS) is 19.5. The number of hydrogen-bond donors (Lipinski definition) is 2. The predicted octanol–water partition coefficient (Wildman–Crippen LogP) is 6.32. The van der Waals surface area contributed by atoms with Crippen LogP contribution in [0.4, 0.5) is 11.6 Å². The number of sulfonamides is 1. The van der Waals surface area contributed by atoms with E-state index in [0.29, 0.717) is 52.8 Å². The lowest BCUT2D eigenvalue weighted by Gasteiger charge is -2.30. The van der Waals surface area contributed by atoms with Gasteiger partial charge in [0.05, 0.1) is 22.2 Å². The molecule has 214 valence electrons. The number of fused-ring (bicyclic) bond motifs is 1. The smallest absolute Gasteiger partial charge is 0.251 e. The second kappa shape index (κ2) is 11.4. The Morgan fingerprint density at radius 1 is 0.976 bits per heavy atom. The molecule has 2 aliphatic rings. The molecule has 2 fully saturated rings. The number of benzene rings is 2. The van der Waals surface area contributed by atoms with Crippen molar-refractivity contribution in [3.63, 3.8) is 0 Å². The van der Waals surface area contributed by atoms with E-state index >= 15 is 0 Å². The molecule has 0 saturated heterocycles. The van der Waals surface area contributed by atoms with E-state index in [1.54, 1.807) is 18.5 Å². The number of halogens is 1. The van der Waals surface area contributed by atoms with Crippen LogP contribution in [0.3, 0.4) is 0 Å². The molecule has 4 aromatic rings. The summed E-state index contributed by atoms with van der Waals surface area (Å²) < 4.78 is 33.7. The first-order valence-electron chi connectivity index (χ1n) is 14.0. The fraction of sp³-hybridized carbons (Fsp3) is 0.367. The summed E-state index contributed by atoms with van der Waals surface area (Å²) in [6.45, 7) is 1.87. The minimum Gasteiger partial charge on any atom is -0.437 e. The topological polar surface area (TPSA) is 123 Å². The van der Waals surface area contributed by atoms with Crippen LogP contribution < -0.4 is 19.6 Å². The standard InChI is InChI=1S/C30H33ClN6O3S/c1-19-18-27(37(31)41(38,39)22-6-4-7-22)23-8-2-3-9-24(23)28(19)40-29-25(10-5-16-33-29)26-15-17-34-30(36-26)35-21-13-11-20(32)12-14-21/h2-3,5,8-10,15-18,20-22H,4,6-7,11-14,32H2,1H3,(H,34,35,36). The first kappa shape index (κ1) is 27.7. The Balaban J connectivity index is 1.33. The van der Waals surface area contributed by atoms with E-state index in [2.05, 4.69) is 15.3 Å². The van der Waals surface area contributed by atoms with Gasteiger partial charge in [-0.25, -0.2) is 23.4 Å². The molecule has 0 amide bonds. The van der Waals surface area contributed by atoms with Gasteiger partial charge in [-0.1, -0.05) is 30.7 Å². The maximum Gasteiger partial charge on any atom is 0.251 e. The lowest BCUT2D eigenvalue weighted by Crippen LogP contribution is -2.37. The van der Waals surface area contributed by atoms with Crippen molar-refractivity contribution in [1.29, 1.82) is 0 Å². The summed E-state index contributed by atoms with van der Waals surface area (Å²) >= 11 is 6.53. The van der Waals surface area contributed by atoms with Crippen LogP contribution in [0, 0.1) is 6.92 Å². The molecule has 0 unspecified atom stereocenters. The Morgan fingerprint density at radius 3 is 2.46 bits per heavy atom. The number of pyridine rings is 1. The molecule has 2 aromatic heterocycles. The van der Waals surface area contributed by atoms with Gasteiger partial charge in [0.2, 0.25) is 11.8 Å². The molecule has 11 heteroatoms. The zero-order valence-corrected chi connectivity index (χ0v) is 24.4. The largest absolute Gasteiger partial charge is 0.437 e. The zero-order valence-electron chi connectivity index (χ0n) is 22.8. The molecule has 6 rings (SSSR count). The summed E-state index contributed by atoms with van der Waals surface area (Å²) in [5.41, 5.74) is 8.59. The molecule has 2 aromatic carbocycles. The van der Waals surface area contributed by atoms with E-state index in [1.165, 1.54) is 0 Å². The third-order valence-corrected chi connectivity index (χ3v) is 10.8. The Kier molecular flexibility index (Phi) is 7.72. The quantitative estimate of drug-likeness (QED) is 0.228. The van der Waals surface area contributed by atoms with Crippen molar-refractivity contribution in [2.45, 2.75) is 69.2 Å². The van der Waals surface area contributed by atoms with Crippen molar-refractivity contribution in [3.05, 3.63) is 66.5 Å². The van der Waals surface area contributed by atoms with Crippen molar-refractivity contribution in [2.24, 2.45) is 5.73 Å². The third kappa shape index (κ3) is 5.56. The highest BCUT2D eigenvalue weighted by molar-refractivity contribution is 7.94. The Bertz CT molecular complexity index is 1670. The average molecular weight is 593 g/mol. The number of hydrogen-bond acceptors (Lipinski definition) is 8. The van der Waals surface area contributed by atoms with Crippen LogP contribution in [0.1, 0.15) is 50.5 Å². The highest BCUT2D eigenvalue weighted by Gasteiger charge is 2.37. The van der Waals surface area contributed by atoms with Crippen molar-refractivity contribution in [2.75, 3.05) is 9.14 Å². The molecular weight excluding hydrogens is 560 g/mol. The van der Waals surface area contributed by atoms with Gasteiger partial charge in [0.1, 0.15) is 5.75 Å². The summed E-state index contributed by atoms with van der Waals surface area (Å²) in [4.78, 5) is 13.7. The van der Waals surface area contributed by atoms with E-state index in [1.807, 2.05) is 49.4 Å². The Hall–Kier alpha value is -3.47. The second-order valence-corrected chi connectivity index (χ2v) is 13.5. The molecule has 9 nitrogen and oxygen atoms in total. The van der Waals surface area contributed by atoms with Gasteiger partial charge in [0, 0.05) is 47.0 Å². The van der Waals surface area contributed by atoms with E-state index in [0.717, 1.165) is 46.9 Å². The van der Waals surface area contributed by atoms with Gasteiger partial charge in [0.15, 0.2) is 0 Å². The molecular formula is C30H33ClN6O3S. The summed E-state index contributed by atoms with van der Waals surface area (Å²) in [5.74, 6) is 1.51. The van der Waals surface area contributed by atoms with Gasteiger partial charge < -0.3 is 15.8 Å². The fourth-order valence-corrected chi connectivity index (χ4v) is 7.56. The molecule has 0 aliphatic heterocycles. The number of nitrogens with one attached hydrogen (secondary N) is 1. The molecule has 0 spiro atoms. The number of ether oxygens (including phenoxy) is 1. The second-order valence-electron chi connectivity index (χ2n) is 10.9. The molecule has 0 atom stereocenters. The number of nitrogens with two attached hydrogens (primary N) is 1. The van der Waals surface area contributed by atoms with Gasteiger partial charge in [-0.15, -0.1) is 0 Å². The van der Waals surface area contributed by atoms with Crippen molar-refractivity contribution in [1.82, 2.24) is 15.0 Å². The highest BCUT2D eigenvalue weighted by atomic mass is 35.5. The zero-order chi connectivity index (χ0) is 28.6. The van der Waals surface area contributed by atoms with Crippen molar-refractivity contribution >= 4 is 44.2 Å². The maximum atomic E-state index is 13.1. The lowest BCUT2D eigenvalue weighted by molar-refractivity contribution is 0.410. The van der Waals surface area contributed by atoms with Gasteiger partial charge >= 0.3 is 0 Å². The SMILES string of the molecule is Cc1cc(N(Cl)S(=O)(=O)C2CCC2)c2ccccc2c1Oc1ncccc1-c1ccnc(NC2CCC(N)CC2)n1. The first-order chi connectivity index (χ1) is 19.8. The number of aryl methyl sites for hydroxylation is 1. The summed E-state index contributed by atoms with van der Waals surface area (Å²) in [5, 5.41) is 4.41. The van der Waals surface area contributed by atoms with Crippen LogP contribution in [0.25, 0.3) is 22.0 Å². The number of nitrogens with zero attached hydrogens (tertiary/aromatic N) is 4. The van der Waals surface area contributed by atoms with Gasteiger partial charge in [0.25, 0.3) is 10.0 Å². The van der Waals surface area contributed by atoms with Crippen LogP contribution in [0.2, 0.25) is 0 Å². The average Bonchev–Trinajstić information content (AvgIpc) is 2.94. The molecule has 0 radical (unpaired) electrons. The Labute approximate surface area is 245 Å². The van der Waals surface area contributed by atoms with Crippen LogP contribution >= 0.6 is 11.8 Å². The van der Waals surface area contributed by atoms with Crippen LogP contribution in [0.5, 0.6) is 11.6 Å². The molecule has 2 aliphatic carbocycles. The summed E-state index contributed by atoms with van der Waals surface area (Å²) in [6, 6.07) is 15.4. The van der Waals surface area contributed by atoms with Gasteiger partial charge in [-0.05, 0) is 75.3 Å². The molecule has 2 saturated carbocycles. The van der Waals surface area contributed by atoms with Crippen LogP contribution in [-0.4, -0.2) is 40.7 Å². The highest BCUT2D eigenvalue weighted by Crippen LogP contribution is 2.43. The molecule has 41 heavy (non-hydrogen) atoms. The minimum atomic E-state index is -3.68. The van der Waals surface area contributed by atoms with E-state index < -0.39 is 15.3 Å². The van der Waals surface area contributed by atoms with E-state index in [-0.39, 0.29) is 12.1 Å². The van der Waals surface area contributed by atoms with Crippen LogP contribution in [0.15, 0.2) is 60.9 Å². The first-order valence-corrected chi connectivity index (χ1v) is 15.9. The third-order valence-electron chi connectivity index (χ3n) is 8.05. The number of aromatic nitrogens is 3. The van der Waals surface area contributed by atoms with Crippen molar-refractivity contribution < 1.29 is 13.2 Å². The Morgan fingerprint density at radius 2 is 1.73 bits per heavy atom.